The van der Waals surface area contributed by atoms with Crippen LogP contribution in [0.3, 0.4) is 0 Å². The number of hydrogen-bond donors (Lipinski definition) is 1. The highest BCUT2D eigenvalue weighted by Crippen LogP contribution is 2.30. The largest absolute Gasteiger partial charge is 0.493 e. The van der Waals surface area contributed by atoms with Crippen LogP contribution >= 0.6 is 0 Å². The quantitative estimate of drug-likeness (QED) is 0.556. The minimum atomic E-state index is -0.350. The van der Waals surface area contributed by atoms with Crippen LogP contribution in [0.1, 0.15) is 42.4 Å². The standard InChI is InChI=1S/C24H23N3O3/c1-29-23-13-17(12-20(15-26)24(28)27-21-8-4-5-9-21)10-11-22(23)30-16-19-7-3-2-6-18(19)14-25/h2-3,6-7,10-13,21H,4-5,8-9,16H2,1H3,(H,27,28)/b20-12-. The summed E-state index contributed by atoms with van der Waals surface area (Å²) in [6.45, 7) is 0.225. The number of benzene rings is 2. The Morgan fingerprint density at radius 3 is 2.63 bits per heavy atom. The van der Waals surface area contributed by atoms with Crippen molar-refractivity contribution in [3.63, 3.8) is 0 Å². The van der Waals surface area contributed by atoms with Gasteiger partial charge in [0.05, 0.1) is 18.7 Å². The first-order valence-electron chi connectivity index (χ1n) is 9.86. The van der Waals surface area contributed by atoms with Crippen LogP contribution < -0.4 is 14.8 Å². The molecule has 1 aliphatic rings. The molecule has 2 aromatic carbocycles. The Hall–Kier alpha value is -3.77. The van der Waals surface area contributed by atoms with Crippen LogP contribution in [0.2, 0.25) is 0 Å². The van der Waals surface area contributed by atoms with Crippen molar-refractivity contribution in [1.29, 1.82) is 10.5 Å². The molecule has 30 heavy (non-hydrogen) atoms. The fourth-order valence-corrected chi connectivity index (χ4v) is 3.45. The maximum absolute atomic E-state index is 12.4. The summed E-state index contributed by atoms with van der Waals surface area (Å²) in [5.74, 6) is 0.639. The number of ether oxygens (including phenoxy) is 2. The van der Waals surface area contributed by atoms with Crippen LogP contribution in [0, 0.1) is 22.7 Å². The molecule has 3 rings (SSSR count). The van der Waals surface area contributed by atoms with Crippen molar-refractivity contribution in [3.05, 3.63) is 64.7 Å². The van der Waals surface area contributed by atoms with Crippen LogP contribution in [0.5, 0.6) is 11.5 Å². The molecule has 6 nitrogen and oxygen atoms in total. The molecule has 1 saturated carbocycles. The zero-order valence-electron chi connectivity index (χ0n) is 16.9. The van der Waals surface area contributed by atoms with Crippen molar-refractivity contribution in [3.8, 4) is 23.6 Å². The molecular weight excluding hydrogens is 378 g/mol. The van der Waals surface area contributed by atoms with E-state index in [1.807, 2.05) is 18.2 Å². The summed E-state index contributed by atoms with van der Waals surface area (Å²) in [4.78, 5) is 12.4. The van der Waals surface area contributed by atoms with Gasteiger partial charge < -0.3 is 14.8 Å². The average Bonchev–Trinajstić information content (AvgIpc) is 3.29. The summed E-state index contributed by atoms with van der Waals surface area (Å²) >= 11 is 0. The summed E-state index contributed by atoms with van der Waals surface area (Å²) in [5.41, 5.74) is 2.06. The molecule has 1 amide bonds. The van der Waals surface area contributed by atoms with E-state index in [2.05, 4.69) is 11.4 Å². The lowest BCUT2D eigenvalue weighted by atomic mass is 10.1. The van der Waals surface area contributed by atoms with E-state index in [9.17, 15) is 15.3 Å². The normalized spacial score (nSPS) is 13.9. The number of amides is 1. The predicted octanol–water partition coefficient (Wildman–Crippen LogP) is 4.11. The first-order valence-corrected chi connectivity index (χ1v) is 9.86. The second-order valence-electron chi connectivity index (χ2n) is 7.09. The molecule has 0 saturated heterocycles. The molecule has 1 N–H and O–H groups in total. The summed E-state index contributed by atoms with van der Waals surface area (Å²) in [7, 11) is 1.52. The zero-order chi connectivity index (χ0) is 21.3. The third-order valence-corrected chi connectivity index (χ3v) is 5.08. The number of nitriles is 2. The van der Waals surface area contributed by atoms with Gasteiger partial charge in [-0.25, -0.2) is 0 Å². The smallest absolute Gasteiger partial charge is 0.262 e. The summed E-state index contributed by atoms with van der Waals surface area (Å²) < 4.78 is 11.2. The van der Waals surface area contributed by atoms with E-state index in [0.717, 1.165) is 31.2 Å². The van der Waals surface area contributed by atoms with Gasteiger partial charge in [0.15, 0.2) is 11.5 Å². The lowest BCUT2D eigenvalue weighted by molar-refractivity contribution is -0.117. The van der Waals surface area contributed by atoms with Gasteiger partial charge in [-0.15, -0.1) is 0 Å². The maximum atomic E-state index is 12.4. The van der Waals surface area contributed by atoms with E-state index in [4.69, 9.17) is 9.47 Å². The Labute approximate surface area is 176 Å². The zero-order valence-corrected chi connectivity index (χ0v) is 16.9. The Morgan fingerprint density at radius 1 is 1.17 bits per heavy atom. The molecule has 0 aromatic heterocycles. The van der Waals surface area contributed by atoms with Crippen LogP contribution in [0.25, 0.3) is 6.08 Å². The third kappa shape index (κ3) is 5.18. The van der Waals surface area contributed by atoms with Crippen LogP contribution in [0.4, 0.5) is 0 Å². The van der Waals surface area contributed by atoms with Gasteiger partial charge in [0.1, 0.15) is 18.2 Å². The van der Waals surface area contributed by atoms with E-state index in [0.29, 0.717) is 22.6 Å². The molecule has 0 radical (unpaired) electrons. The SMILES string of the molecule is COc1cc(/C=C(/C#N)C(=O)NC2CCCC2)ccc1OCc1ccccc1C#N. The first kappa shape index (κ1) is 21.0. The van der Waals surface area contributed by atoms with E-state index in [-0.39, 0.29) is 24.1 Å². The lowest BCUT2D eigenvalue weighted by Crippen LogP contribution is -2.33. The van der Waals surface area contributed by atoms with Gasteiger partial charge in [0.2, 0.25) is 0 Å². The molecule has 1 fully saturated rings. The number of carbonyl (C=O) groups excluding carboxylic acids is 1. The summed E-state index contributed by atoms with van der Waals surface area (Å²) in [6, 6.07) is 16.7. The van der Waals surface area contributed by atoms with Gasteiger partial charge in [-0.3, -0.25) is 4.79 Å². The van der Waals surface area contributed by atoms with Crippen LogP contribution in [-0.2, 0) is 11.4 Å². The molecule has 0 heterocycles. The minimum absolute atomic E-state index is 0.0561. The number of methoxy groups -OCH3 is 1. The molecule has 2 aromatic rings. The first-order chi connectivity index (χ1) is 14.6. The number of rotatable bonds is 7. The maximum Gasteiger partial charge on any atom is 0.262 e. The predicted molar refractivity (Wildman–Crippen MR) is 112 cm³/mol. The number of nitrogens with zero attached hydrogens (tertiary/aromatic N) is 2. The Balaban J connectivity index is 1.74. The number of hydrogen-bond acceptors (Lipinski definition) is 5. The molecule has 0 unspecified atom stereocenters. The molecule has 0 aliphatic heterocycles. The molecule has 1 aliphatic carbocycles. The number of carbonyl (C=O) groups is 1. The van der Waals surface area contributed by atoms with Crippen molar-refractivity contribution in [2.45, 2.75) is 38.3 Å². The molecule has 6 heteroatoms. The topological polar surface area (TPSA) is 95.1 Å². The molecule has 0 atom stereocenters. The monoisotopic (exact) mass is 401 g/mol. The molecule has 152 valence electrons. The van der Waals surface area contributed by atoms with Gasteiger partial charge in [0.25, 0.3) is 5.91 Å². The summed E-state index contributed by atoms with van der Waals surface area (Å²) in [6.07, 6.45) is 5.67. The average molecular weight is 401 g/mol. The van der Waals surface area contributed by atoms with Gasteiger partial charge in [0, 0.05) is 11.6 Å². The highest BCUT2D eigenvalue weighted by Gasteiger charge is 2.19. The Bertz CT molecular complexity index is 1020. The van der Waals surface area contributed by atoms with E-state index in [1.54, 1.807) is 36.4 Å². The lowest BCUT2D eigenvalue weighted by Gasteiger charge is -2.13. The van der Waals surface area contributed by atoms with E-state index >= 15 is 0 Å². The molecular formula is C24H23N3O3. The van der Waals surface area contributed by atoms with Gasteiger partial charge in [-0.05, 0) is 42.7 Å². The van der Waals surface area contributed by atoms with Crippen LogP contribution in [0.15, 0.2) is 48.0 Å². The van der Waals surface area contributed by atoms with Crippen molar-refractivity contribution in [2.24, 2.45) is 0 Å². The Kier molecular flexibility index (Phi) is 7.08. The fraction of sp³-hybridized carbons (Fsp3) is 0.292. The third-order valence-electron chi connectivity index (χ3n) is 5.08. The Morgan fingerprint density at radius 2 is 1.93 bits per heavy atom. The highest BCUT2D eigenvalue weighted by atomic mass is 16.5. The number of nitrogens with one attached hydrogen (secondary N) is 1. The van der Waals surface area contributed by atoms with Gasteiger partial charge in [-0.1, -0.05) is 37.1 Å². The van der Waals surface area contributed by atoms with Crippen LogP contribution in [-0.4, -0.2) is 19.1 Å². The van der Waals surface area contributed by atoms with Crippen molar-refractivity contribution in [2.75, 3.05) is 7.11 Å². The highest BCUT2D eigenvalue weighted by molar-refractivity contribution is 6.01. The summed E-state index contributed by atoms with van der Waals surface area (Å²) in [5, 5.41) is 21.5. The van der Waals surface area contributed by atoms with Crippen molar-refractivity contribution in [1.82, 2.24) is 5.32 Å². The molecule has 0 bridgehead atoms. The van der Waals surface area contributed by atoms with E-state index in [1.165, 1.54) is 7.11 Å². The minimum Gasteiger partial charge on any atom is -0.493 e. The van der Waals surface area contributed by atoms with E-state index < -0.39 is 0 Å². The second-order valence-corrected chi connectivity index (χ2v) is 7.09. The van der Waals surface area contributed by atoms with Crippen molar-refractivity contribution < 1.29 is 14.3 Å². The fourth-order valence-electron chi connectivity index (χ4n) is 3.45. The van der Waals surface area contributed by atoms with Crippen molar-refractivity contribution >= 4 is 12.0 Å². The molecule has 0 spiro atoms. The van der Waals surface area contributed by atoms with Gasteiger partial charge >= 0.3 is 0 Å². The van der Waals surface area contributed by atoms with Gasteiger partial charge in [-0.2, -0.15) is 10.5 Å². The second kappa shape index (κ2) is 10.1.